The van der Waals surface area contributed by atoms with E-state index in [1.807, 2.05) is 31.2 Å². The molecule has 1 unspecified atom stereocenters. The van der Waals surface area contributed by atoms with Gasteiger partial charge in [-0.1, -0.05) is 38.5 Å². The van der Waals surface area contributed by atoms with E-state index in [0.717, 1.165) is 17.8 Å². The minimum absolute atomic E-state index is 0.0183. The van der Waals surface area contributed by atoms with E-state index >= 15 is 0 Å². The predicted octanol–water partition coefficient (Wildman–Crippen LogP) is 3.58. The predicted molar refractivity (Wildman–Crippen MR) is 96.1 cm³/mol. The summed E-state index contributed by atoms with van der Waals surface area (Å²) in [6, 6.07) is 7.45. The van der Waals surface area contributed by atoms with Crippen LogP contribution in [0.4, 0.5) is 5.69 Å². The van der Waals surface area contributed by atoms with Gasteiger partial charge in [0.2, 0.25) is 0 Å². The second-order valence-electron chi connectivity index (χ2n) is 6.23. The van der Waals surface area contributed by atoms with Crippen LogP contribution >= 0.6 is 0 Å². The van der Waals surface area contributed by atoms with Crippen molar-refractivity contribution in [1.82, 2.24) is 5.48 Å². The van der Waals surface area contributed by atoms with Gasteiger partial charge in [-0.25, -0.2) is 5.48 Å². The summed E-state index contributed by atoms with van der Waals surface area (Å²) in [4.78, 5) is 23.4. The van der Waals surface area contributed by atoms with E-state index in [9.17, 15) is 9.59 Å². The average molecular weight is 330 g/mol. The van der Waals surface area contributed by atoms with Crippen LogP contribution < -0.4 is 10.8 Å². The standard InChI is InChI=1S/C19H26N2O3/c1-13(2)12-20-17-8-6-16(7-9-17)19(23)15(4)11-14(3)5-10-18(22)21-24/h5-11,13,15,20,24H,12H2,1-4H3,(H,21,22). The summed E-state index contributed by atoms with van der Waals surface area (Å²) >= 11 is 0. The second kappa shape index (κ2) is 9.67. The van der Waals surface area contributed by atoms with Crippen molar-refractivity contribution in [2.24, 2.45) is 11.8 Å². The highest BCUT2D eigenvalue weighted by Gasteiger charge is 2.13. The molecule has 0 aliphatic carbocycles. The zero-order valence-corrected chi connectivity index (χ0v) is 14.7. The normalized spacial score (nSPS) is 13.2. The fraction of sp³-hybridized carbons (Fsp3) is 0.368. The lowest BCUT2D eigenvalue weighted by molar-refractivity contribution is -0.124. The Morgan fingerprint density at radius 2 is 1.75 bits per heavy atom. The van der Waals surface area contributed by atoms with Crippen LogP contribution in [0.5, 0.6) is 0 Å². The van der Waals surface area contributed by atoms with Crippen LogP contribution in [0.15, 0.2) is 48.1 Å². The zero-order valence-electron chi connectivity index (χ0n) is 14.7. The molecule has 5 heteroatoms. The Balaban J connectivity index is 2.71. The Morgan fingerprint density at radius 3 is 2.29 bits per heavy atom. The summed E-state index contributed by atoms with van der Waals surface area (Å²) in [5.41, 5.74) is 3.94. The number of allylic oxidation sites excluding steroid dienone is 3. The Bertz CT molecular complexity index is 616. The molecule has 0 fully saturated rings. The van der Waals surface area contributed by atoms with Crippen LogP contribution in [0, 0.1) is 11.8 Å². The number of hydrogen-bond acceptors (Lipinski definition) is 4. The molecular formula is C19H26N2O3. The molecule has 0 aliphatic heterocycles. The number of Topliss-reactive ketones (excluding diaryl/α,β-unsaturated/α-hetero) is 1. The van der Waals surface area contributed by atoms with Crippen molar-refractivity contribution >= 4 is 17.4 Å². The molecule has 130 valence electrons. The second-order valence-corrected chi connectivity index (χ2v) is 6.23. The largest absolute Gasteiger partial charge is 0.385 e. The molecule has 0 bridgehead atoms. The maximum absolute atomic E-state index is 12.4. The van der Waals surface area contributed by atoms with Crippen molar-refractivity contribution in [3.63, 3.8) is 0 Å². The van der Waals surface area contributed by atoms with Gasteiger partial charge in [0.1, 0.15) is 0 Å². The SMILES string of the molecule is CC(C=CC(=O)NO)=CC(C)C(=O)c1ccc(NCC(C)C)cc1. The lowest BCUT2D eigenvalue weighted by Crippen LogP contribution is -2.15. The van der Waals surface area contributed by atoms with Gasteiger partial charge in [0.05, 0.1) is 0 Å². The van der Waals surface area contributed by atoms with Crippen molar-refractivity contribution in [2.45, 2.75) is 27.7 Å². The molecular weight excluding hydrogens is 304 g/mol. The number of ketones is 1. The first-order valence-corrected chi connectivity index (χ1v) is 8.02. The highest BCUT2D eigenvalue weighted by molar-refractivity contribution is 5.99. The minimum atomic E-state index is -0.605. The van der Waals surface area contributed by atoms with Gasteiger partial charge in [0.25, 0.3) is 5.91 Å². The number of amides is 1. The molecule has 0 radical (unpaired) electrons. The highest BCUT2D eigenvalue weighted by atomic mass is 16.5. The fourth-order valence-electron chi connectivity index (χ4n) is 2.11. The van der Waals surface area contributed by atoms with Gasteiger partial charge in [-0.3, -0.25) is 14.8 Å². The van der Waals surface area contributed by atoms with Crippen molar-refractivity contribution in [1.29, 1.82) is 0 Å². The number of carbonyl (C=O) groups is 2. The Kier molecular flexibility index (Phi) is 7.92. The Labute approximate surface area is 143 Å². The molecule has 0 aliphatic rings. The van der Waals surface area contributed by atoms with E-state index in [0.29, 0.717) is 11.5 Å². The van der Waals surface area contributed by atoms with Crippen molar-refractivity contribution in [3.8, 4) is 0 Å². The van der Waals surface area contributed by atoms with Crippen molar-refractivity contribution in [2.75, 3.05) is 11.9 Å². The lowest BCUT2D eigenvalue weighted by Gasteiger charge is -2.10. The molecule has 1 amide bonds. The van der Waals surface area contributed by atoms with Crippen LogP contribution in [-0.4, -0.2) is 23.4 Å². The number of hydroxylamine groups is 1. The first-order valence-electron chi connectivity index (χ1n) is 8.02. The van der Waals surface area contributed by atoms with E-state index < -0.39 is 5.91 Å². The monoisotopic (exact) mass is 330 g/mol. The summed E-state index contributed by atoms with van der Waals surface area (Å²) in [5.74, 6) is -0.335. The van der Waals surface area contributed by atoms with Gasteiger partial charge >= 0.3 is 0 Å². The van der Waals surface area contributed by atoms with Crippen LogP contribution in [-0.2, 0) is 4.79 Å². The van der Waals surface area contributed by atoms with E-state index in [-0.39, 0.29) is 11.7 Å². The third kappa shape index (κ3) is 6.79. The molecule has 5 nitrogen and oxygen atoms in total. The van der Waals surface area contributed by atoms with Gasteiger partial charge in [-0.2, -0.15) is 0 Å². The molecule has 1 aromatic rings. The van der Waals surface area contributed by atoms with Crippen LogP contribution in [0.1, 0.15) is 38.1 Å². The fourth-order valence-corrected chi connectivity index (χ4v) is 2.11. The molecule has 1 rings (SSSR count). The summed E-state index contributed by atoms with van der Waals surface area (Å²) in [7, 11) is 0. The zero-order chi connectivity index (χ0) is 18.1. The number of nitrogens with one attached hydrogen (secondary N) is 2. The molecule has 0 saturated heterocycles. The summed E-state index contributed by atoms with van der Waals surface area (Å²) in [6.45, 7) is 8.78. The number of rotatable bonds is 8. The van der Waals surface area contributed by atoms with Gasteiger partial charge in [0, 0.05) is 29.8 Å². The third-order valence-corrected chi connectivity index (χ3v) is 3.42. The number of carbonyl (C=O) groups excluding carboxylic acids is 2. The maximum atomic E-state index is 12.4. The average Bonchev–Trinajstić information content (AvgIpc) is 2.57. The van der Waals surface area contributed by atoms with Crippen LogP contribution in [0.3, 0.4) is 0 Å². The summed E-state index contributed by atoms with van der Waals surface area (Å²) in [5, 5.41) is 11.7. The van der Waals surface area contributed by atoms with Crippen molar-refractivity contribution < 1.29 is 14.8 Å². The number of hydrogen-bond donors (Lipinski definition) is 3. The lowest BCUT2D eigenvalue weighted by atomic mass is 9.97. The van der Waals surface area contributed by atoms with Crippen LogP contribution in [0.25, 0.3) is 0 Å². The molecule has 1 aromatic carbocycles. The highest BCUT2D eigenvalue weighted by Crippen LogP contribution is 2.16. The van der Waals surface area contributed by atoms with Gasteiger partial charge < -0.3 is 5.32 Å². The molecule has 1 atom stereocenters. The number of anilines is 1. The molecule has 0 aromatic heterocycles. The molecule has 3 N–H and O–H groups in total. The third-order valence-electron chi connectivity index (χ3n) is 3.42. The van der Waals surface area contributed by atoms with Gasteiger partial charge in [0.15, 0.2) is 5.78 Å². The molecule has 0 heterocycles. The van der Waals surface area contributed by atoms with Crippen LogP contribution in [0.2, 0.25) is 0 Å². The van der Waals surface area contributed by atoms with Gasteiger partial charge in [-0.15, -0.1) is 0 Å². The van der Waals surface area contributed by atoms with Gasteiger partial charge in [-0.05, 0) is 37.1 Å². The van der Waals surface area contributed by atoms with E-state index in [1.54, 1.807) is 19.1 Å². The number of benzene rings is 1. The Morgan fingerprint density at radius 1 is 1.12 bits per heavy atom. The first-order chi connectivity index (χ1) is 11.3. The summed E-state index contributed by atoms with van der Waals surface area (Å²) < 4.78 is 0. The van der Waals surface area contributed by atoms with E-state index in [4.69, 9.17) is 5.21 Å². The van der Waals surface area contributed by atoms with Crippen molar-refractivity contribution in [3.05, 3.63) is 53.6 Å². The van der Waals surface area contributed by atoms with E-state index in [1.165, 1.54) is 11.6 Å². The minimum Gasteiger partial charge on any atom is -0.385 e. The quantitative estimate of drug-likeness (QED) is 0.224. The Hall–Kier alpha value is -2.40. The summed E-state index contributed by atoms with van der Waals surface area (Å²) in [6.07, 6.45) is 4.54. The first kappa shape index (κ1) is 19.6. The topological polar surface area (TPSA) is 78.4 Å². The molecule has 24 heavy (non-hydrogen) atoms. The maximum Gasteiger partial charge on any atom is 0.267 e. The molecule has 0 saturated carbocycles. The van der Waals surface area contributed by atoms with E-state index in [2.05, 4.69) is 19.2 Å². The molecule has 0 spiro atoms. The smallest absolute Gasteiger partial charge is 0.267 e.